The summed E-state index contributed by atoms with van der Waals surface area (Å²) >= 11 is 0. The van der Waals surface area contributed by atoms with Crippen molar-refractivity contribution in [2.24, 2.45) is 0 Å². The molecule has 0 spiro atoms. The zero-order valence-electron chi connectivity index (χ0n) is 16.2. The maximum Gasteiger partial charge on any atom is 0.329 e. The summed E-state index contributed by atoms with van der Waals surface area (Å²) in [5, 5.41) is 0. The summed E-state index contributed by atoms with van der Waals surface area (Å²) in [7, 11) is 1.66. The Bertz CT molecular complexity index is 1010. The van der Waals surface area contributed by atoms with Crippen LogP contribution >= 0.6 is 0 Å². The van der Waals surface area contributed by atoms with Crippen molar-refractivity contribution in [3.63, 3.8) is 0 Å². The number of hydrogen-bond acceptors (Lipinski definition) is 4. The predicted octanol–water partition coefficient (Wildman–Crippen LogP) is 4.42. The molecule has 3 aromatic rings. The van der Waals surface area contributed by atoms with Gasteiger partial charge in [-0.1, -0.05) is 39.2 Å². The number of methoxy groups -OCH3 is 1. The Kier molecular flexibility index (Phi) is 4.72. The summed E-state index contributed by atoms with van der Waals surface area (Å²) < 4.78 is 7.36. The quantitative estimate of drug-likeness (QED) is 0.742. The second-order valence-electron chi connectivity index (χ2n) is 7.63. The molecule has 27 heavy (non-hydrogen) atoms. The second kappa shape index (κ2) is 7.18. The molecule has 1 fully saturated rings. The number of benzene rings is 1. The second-order valence-corrected chi connectivity index (χ2v) is 7.63. The summed E-state index contributed by atoms with van der Waals surface area (Å²) in [6.07, 6.45) is 7.30. The molecule has 1 aliphatic rings. The Morgan fingerprint density at radius 2 is 2.00 bits per heavy atom. The number of rotatable bonds is 4. The first-order chi connectivity index (χ1) is 13.1. The third kappa shape index (κ3) is 3.24. The van der Waals surface area contributed by atoms with Crippen molar-refractivity contribution in [1.29, 1.82) is 0 Å². The molecule has 1 aliphatic carbocycles. The van der Waals surface area contributed by atoms with Gasteiger partial charge in [0.05, 0.1) is 19.0 Å². The minimum atomic E-state index is -0.114. The van der Waals surface area contributed by atoms with Crippen LogP contribution in [0.3, 0.4) is 0 Å². The van der Waals surface area contributed by atoms with Crippen molar-refractivity contribution < 1.29 is 4.74 Å². The van der Waals surface area contributed by atoms with Crippen LogP contribution in [0.5, 0.6) is 5.75 Å². The zero-order chi connectivity index (χ0) is 19.0. The van der Waals surface area contributed by atoms with Crippen LogP contribution in [0.4, 0.5) is 0 Å². The van der Waals surface area contributed by atoms with Gasteiger partial charge in [-0.15, -0.1) is 0 Å². The average Bonchev–Trinajstić information content (AvgIpc) is 3.02. The lowest BCUT2D eigenvalue weighted by atomic mass is 9.95. The van der Waals surface area contributed by atoms with Crippen molar-refractivity contribution in [2.45, 2.75) is 57.9 Å². The van der Waals surface area contributed by atoms with Crippen LogP contribution in [0.15, 0.2) is 29.2 Å². The molecule has 0 aliphatic heterocycles. The van der Waals surface area contributed by atoms with Gasteiger partial charge in [0.15, 0.2) is 11.3 Å². The van der Waals surface area contributed by atoms with E-state index in [0.29, 0.717) is 17.2 Å². The Morgan fingerprint density at radius 3 is 2.70 bits per heavy atom. The first kappa shape index (κ1) is 17.8. The highest BCUT2D eigenvalue weighted by Crippen LogP contribution is 2.33. The Balaban J connectivity index is 1.86. The fourth-order valence-corrected chi connectivity index (χ4v) is 3.99. The molecule has 4 rings (SSSR count). The molecule has 0 bridgehead atoms. The number of aromatic nitrogens is 4. The molecule has 0 amide bonds. The highest BCUT2D eigenvalue weighted by molar-refractivity contribution is 5.74. The van der Waals surface area contributed by atoms with Gasteiger partial charge in [0.25, 0.3) is 0 Å². The molecule has 0 radical (unpaired) electrons. The molecule has 2 aromatic heterocycles. The Morgan fingerprint density at radius 1 is 1.22 bits per heavy atom. The number of imidazole rings is 1. The maximum atomic E-state index is 12.6. The van der Waals surface area contributed by atoms with E-state index in [4.69, 9.17) is 9.72 Å². The van der Waals surface area contributed by atoms with E-state index in [1.54, 1.807) is 13.3 Å². The van der Waals surface area contributed by atoms with Crippen LogP contribution in [0.25, 0.3) is 22.6 Å². The van der Waals surface area contributed by atoms with Crippen molar-refractivity contribution in [2.75, 3.05) is 7.11 Å². The van der Waals surface area contributed by atoms with Gasteiger partial charge < -0.3 is 4.74 Å². The number of H-pyrrole nitrogens is 1. The first-order valence-corrected chi connectivity index (χ1v) is 9.74. The Hall–Kier alpha value is -2.63. The minimum Gasteiger partial charge on any atom is -0.496 e. The molecule has 0 unspecified atom stereocenters. The normalized spacial score (nSPS) is 15.6. The molecule has 6 heteroatoms. The number of nitrogens with one attached hydrogen (secondary N) is 1. The zero-order valence-corrected chi connectivity index (χ0v) is 16.2. The summed E-state index contributed by atoms with van der Waals surface area (Å²) in [6, 6.07) is 6.36. The largest absolute Gasteiger partial charge is 0.496 e. The van der Waals surface area contributed by atoms with Gasteiger partial charge in [0, 0.05) is 11.6 Å². The highest BCUT2D eigenvalue weighted by atomic mass is 16.5. The lowest BCUT2D eigenvalue weighted by Crippen LogP contribution is -2.24. The summed E-state index contributed by atoms with van der Waals surface area (Å²) in [6.45, 7) is 4.32. The van der Waals surface area contributed by atoms with E-state index in [1.165, 1.54) is 12.0 Å². The van der Waals surface area contributed by atoms with Gasteiger partial charge in [0.1, 0.15) is 5.75 Å². The molecule has 0 saturated heterocycles. The number of aromatic amines is 1. The van der Waals surface area contributed by atoms with Crippen molar-refractivity contribution in [1.82, 2.24) is 19.5 Å². The van der Waals surface area contributed by atoms with E-state index in [9.17, 15) is 4.79 Å². The third-order valence-corrected chi connectivity index (χ3v) is 5.53. The van der Waals surface area contributed by atoms with Gasteiger partial charge >= 0.3 is 5.69 Å². The van der Waals surface area contributed by atoms with E-state index >= 15 is 0 Å². The lowest BCUT2D eigenvalue weighted by molar-refractivity contribution is 0.352. The maximum absolute atomic E-state index is 12.6. The fraction of sp³-hybridized carbons (Fsp3) is 0.476. The monoisotopic (exact) mass is 366 g/mol. The van der Waals surface area contributed by atoms with Crippen molar-refractivity contribution in [3.05, 3.63) is 40.4 Å². The Labute approximate surface area is 158 Å². The summed E-state index contributed by atoms with van der Waals surface area (Å²) in [4.78, 5) is 24.7. The topological polar surface area (TPSA) is 72.8 Å². The van der Waals surface area contributed by atoms with Crippen LogP contribution in [0.2, 0.25) is 0 Å². The molecule has 2 heterocycles. The molecule has 1 N–H and O–H groups in total. The summed E-state index contributed by atoms with van der Waals surface area (Å²) in [5.41, 5.74) is 3.92. The van der Waals surface area contributed by atoms with E-state index in [1.807, 2.05) is 10.6 Å². The van der Waals surface area contributed by atoms with Gasteiger partial charge in [-0.2, -0.15) is 0 Å². The van der Waals surface area contributed by atoms with Gasteiger partial charge in [0.2, 0.25) is 0 Å². The van der Waals surface area contributed by atoms with Crippen LogP contribution < -0.4 is 10.4 Å². The lowest BCUT2D eigenvalue weighted by Gasteiger charge is -2.22. The van der Waals surface area contributed by atoms with Gasteiger partial charge in [-0.05, 0) is 36.5 Å². The molecular weight excluding hydrogens is 340 g/mol. The number of fused-ring (bicyclic) bond motifs is 1. The molecular formula is C21H26N4O2. The molecule has 1 aromatic carbocycles. The summed E-state index contributed by atoms with van der Waals surface area (Å²) in [5.74, 6) is 1.16. The first-order valence-electron chi connectivity index (χ1n) is 9.74. The average molecular weight is 366 g/mol. The number of nitrogens with zero attached hydrogens (tertiary/aromatic N) is 3. The fourth-order valence-electron chi connectivity index (χ4n) is 3.99. The smallest absolute Gasteiger partial charge is 0.329 e. The highest BCUT2D eigenvalue weighted by Gasteiger charge is 2.22. The SMILES string of the molecule is COc1ccc(C(C)C)cc1-c1cnc2[nH]c(=O)n(C3CCCCC3)c2n1. The molecule has 6 nitrogen and oxygen atoms in total. The molecule has 0 atom stereocenters. The van der Waals surface area contributed by atoms with E-state index < -0.39 is 0 Å². The third-order valence-electron chi connectivity index (χ3n) is 5.53. The number of hydrogen-bond donors (Lipinski definition) is 1. The van der Waals surface area contributed by atoms with E-state index in [2.05, 4.69) is 35.9 Å². The van der Waals surface area contributed by atoms with Crippen LogP contribution in [0, 0.1) is 0 Å². The van der Waals surface area contributed by atoms with Gasteiger partial charge in [-0.3, -0.25) is 9.55 Å². The standard InChI is InChI=1S/C21H26N4O2/c1-13(2)14-9-10-18(27-3)16(11-14)17-12-22-19-20(23-17)25(21(26)24-19)15-7-5-4-6-8-15/h9-13,15H,4-8H2,1-3H3,(H,22,24,26). The van der Waals surface area contributed by atoms with Crippen molar-refractivity contribution >= 4 is 11.3 Å². The predicted molar refractivity (Wildman–Crippen MR) is 106 cm³/mol. The van der Waals surface area contributed by atoms with Crippen molar-refractivity contribution in [3.8, 4) is 17.0 Å². The molecule has 1 saturated carbocycles. The molecule has 142 valence electrons. The van der Waals surface area contributed by atoms with Crippen LogP contribution in [0.1, 0.15) is 63.5 Å². The van der Waals surface area contributed by atoms with E-state index in [0.717, 1.165) is 42.7 Å². The minimum absolute atomic E-state index is 0.114. The van der Waals surface area contributed by atoms with Gasteiger partial charge in [-0.25, -0.2) is 14.8 Å². The number of ether oxygens (including phenoxy) is 1. The van der Waals surface area contributed by atoms with Crippen LogP contribution in [-0.4, -0.2) is 26.6 Å². The van der Waals surface area contributed by atoms with E-state index in [-0.39, 0.29) is 11.7 Å². The van der Waals surface area contributed by atoms with Crippen LogP contribution in [-0.2, 0) is 0 Å².